The van der Waals surface area contributed by atoms with Gasteiger partial charge in [0, 0.05) is 11.8 Å². The van der Waals surface area contributed by atoms with E-state index in [4.69, 9.17) is 13.8 Å². The normalized spacial score (nSPS) is 19.4. The first-order valence-electron chi connectivity index (χ1n) is 10.2. The van der Waals surface area contributed by atoms with E-state index in [1.54, 1.807) is 49.4 Å². The molecule has 0 radical (unpaired) electrons. The molecule has 3 rings (SSSR count). The number of nitrogens with zero attached hydrogens (tertiary/aromatic N) is 1. The minimum atomic E-state index is -4.01. The standard InChI is InChI=1S/C20H24N3O8P.C2H4/c1-13-11-23(20(26)21-18(13)24)17-10-9-16(30-17)12-29-32(27,22-14(2)19(25)28-3)31-15-7-5-4-6-8-15;1-2/h4-11,14,16-17H,12H2,1-3H3,(H,22,27)(H,21,24,26);1-2H2/t14?,16-,17+,32?;/m0./s1. The minimum Gasteiger partial charge on any atom is -0.468 e. The van der Waals surface area contributed by atoms with E-state index in [0.717, 1.165) is 0 Å². The Morgan fingerprint density at radius 1 is 1.26 bits per heavy atom. The molecule has 12 heteroatoms. The van der Waals surface area contributed by atoms with Crippen LogP contribution in [-0.4, -0.2) is 41.4 Å². The highest BCUT2D eigenvalue weighted by atomic mass is 31.2. The smallest absolute Gasteiger partial charge is 0.459 e. The Balaban J connectivity index is 0.00000199. The molecule has 2 heterocycles. The quantitative estimate of drug-likeness (QED) is 0.306. The number of H-pyrrole nitrogens is 1. The molecule has 0 bridgehead atoms. The van der Waals surface area contributed by atoms with E-state index in [0.29, 0.717) is 5.56 Å². The fourth-order valence-electron chi connectivity index (χ4n) is 2.87. The number of aromatic nitrogens is 2. The molecular formula is C22H28N3O8P. The molecule has 0 saturated heterocycles. The zero-order valence-corrected chi connectivity index (χ0v) is 20.0. The Morgan fingerprint density at radius 2 is 1.94 bits per heavy atom. The van der Waals surface area contributed by atoms with E-state index in [9.17, 15) is 18.9 Å². The van der Waals surface area contributed by atoms with E-state index in [-0.39, 0.29) is 12.4 Å². The van der Waals surface area contributed by atoms with Gasteiger partial charge in [0.05, 0.1) is 13.7 Å². The lowest BCUT2D eigenvalue weighted by molar-refractivity contribution is -0.142. The number of ether oxygens (including phenoxy) is 2. The summed E-state index contributed by atoms with van der Waals surface area (Å²) in [7, 11) is -2.80. The molecule has 34 heavy (non-hydrogen) atoms. The molecule has 0 fully saturated rings. The molecule has 0 aliphatic carbocycles. The highest BCUT2D eigenvalue weighted by Gasteiger charge is 2.34. The molecule has 1 aromatic carbocycles. The summed E-state index contributed by atoms with van der Waals surface area (Å²) in [5.41, 5.74) is -0.746. The van der Waals surface area contributed by atoms with Gasteiger partial charge in [0.15, 0.2) is 6.23 Å². The summed E-state index contributed by atoms with van der Waals surface area (Å²) in [6.45, 7) is 8.83. The Hall–Kier alpha value is -3.24. The van der Waals surface area contributed by atoms with Crippen molar-refractivity contribution in [3.8, 4) is 5.75 Å². The Kier molecular flexibility index (Phi) is 9.76. The number of para-hydroxylation sites is 1. The maximum Gasteiger partial charge on any atom is 0.459 e. The third-order valence-corrected chi connectivity index (χ3v) is 6.15. The van der Waals surface area contributed by atoms with Gasteiger partial charge in [-0.3, -0.25) is 23.7 Å². The maximum atomic E-state index is 13.3. The number of nitrogens with one attached hydrogen (secondary N) is 2. The van der Waals surface area contributed by atoms with Crippen molar-refractivity contribution in [3.63, 3.8) is 0 Å². The molecule has 184 valence electrons. The van der Waals surface area contributed by atoms with Crippen molar-refractivity contribution in [3.05, 3.63) is 88.2 Å². The van der Waals surface area contributed by atoms with Crippen molar-refractivity contribution in [1.29, 1.82) is 0 Å². The van der Waals surface area contributed by atoms with E-state index in [1.807, 2.05) is 0 Å². The summed E-state index contributed by atoms with van der Waals surface area (Å²) in [5.74, 6) is -0.369. The van der Waals surface area contributed by atoms with Gasteiger partial charge in [-0.25, -0.2) is 9.36 Å². The average molecular weight is 493 g/mol. The van der Waals surface area contributed by atoms with Gasteiger partial charge in [-0.2, -0.15) is 5.09 Å². The number of hydrogen-bond donors (Lipinski definition) is 2. The van der Waals surface area contributed by atoms with Crippen LogP contribution < -0.4 is 20.9 Å². The largest absolute Gasteiger partial charge is 0.468 e. The lowest BCUT2D eigenvalue weighted by atomic mass is 10.3. The minimum absolute atomic E-state index is 0.199. The van der Waals surface area contributed by atoms with Crippen molar-refractivity contribution in [1.82, 2.24) is 14.6 Å². The molecule has 0 saturated carbocycles. The molecule has 11 nitrogen and oxygen atoms in total. The van der Waals surface area contributed by atoms with Gasteiger partial charge in [-0.15, -0.1) is 13.2 Å². The first-order valence-corrected chi connectivity index (χ1v) is 11.8. The summed E-state index contributed by atoms with van der Waals surface area (Å²) in [6, 6.07) is 7.37. The van der Waals surface area contributed by atoms with E-state index < -0.39 is 43.3 Å². The van der Waals surface area contributed by atoms with Crippen LogP contribution in [0, 0.1) is 6.92 Å². The lowest BCUT2D eigenvalue weighted by Gasteiger charge is -2.24. The summed E-state index contributed by atoms with van der Waals surface area (Å²) >= 11 is 0. The van der Waals surface area contributed by atoms with Crippen molar-refractivity contribution >= 4 is 13.7 Å². The predicted molar refractivity (Wildman–Crippen MR) is 126 cm³/mol. The Morgan fingerprint density at radius 3 is 2.59 bits per heavy atom. The van der Waals surface area contributed by atoms with Crippen LogP contribution in [0.4, 0.5) is 0 Å². The summed E-state index contributed by atoms with van der Waals surface area (Å²) in [4.78, 5) is 37.6. The van der Waals surface area contributed by atoms with Crippen LogP contribution in [0.5, 0.6) is 5.75 Å². The van der Waals surface area contributed by atoms with Gasteiger partial charge >= 0.3 is 19.4 Å². The van der Waals surface area contributed by atoms with Crippen LogP contribution >= 0.6 is 7.75 Å². The number of methoxy groups -OCH3 is 1. The third-order valence-electron chi connectivity index (χ3n) is 4.51. The van der Waals surface area contributed by atoms with Gasteiger partial charge < -0.3 is 14.0 Å². The number of aromatic amines is 1. The number of hydrogen-bond acceptors (Lipinski definition) is 8. The number of esters is 1. The van der Waals surface area contributed by atoms with Gasteiger partial charge in [0.2, 0.25) is 0 Å². The molecule has 1 aliphatic heterocycles. The fraction of sp³-hybridized carbons (Fsp3) is 0.318. The highest BCUT2D eigenvalue weighted by molar-refractivity contribution is 7.52. The summed E-state index contributed by atoms with van der Waals surface area (Å²) in [5, 5.41) is 2.54. The monoisotopic (exact) mass is 493 g/mol. The van der Waals surface area contributed by atoms with E-state index in [1.165, 1.54) is 24.8 Å². The molecule has 0 amide bonds. The molecular weight excluding hydrogens is 465 g/mol. The lowest BCUT2D eigenvalue weighted by Crippen LogP contribution is -2.35. The summed E-state index contributed by atoms with van der Waals surface area (Å²) < 4.78 is 36.0. The van der Waals surface area contributed by atoms with E-state index >= 15 is 0 Å². The SMILES string of the molecule is C=C.COC(=O)C(C)NP(=O)(OC[C@@H]1C=C[C@H](n2cc(C)c(=O)[nH]c2=O)O1)Oc1ccccc1. The molecule has 2 aromatic rings. The molecule has 2 N–H and O–H groups in total. The topological polar surface area (TPSA) is 138 Å². The number of rotatable bonds is 9. The zero-order chi connectivity index (χ0) is 25.3. The van der Waals surface area contributed by atoms with Gasteiger partial charge in [0.1, 0.15) is 17.9 Å². The predicted octanol–water partition coefficient (Wildman–Crippen LogP) is 2.46. The summed E-state index contributed by atoms with van der Waals surface area (Å²) in [6.07, 6.45) is 3.20. The fourth-order valence-corrected chi connectivity index (χ4v) is 4.37. The van der Waals surface area contributed by atoms with Crippen LogP contribution in [0.3, 0.4) is 0 Å². The molecule has 4 atom stereocenters. The molecule has 0 spiro atoms. The van der Waals surface area contributed by atoms with Gasteiger partial charge in [-0.1, -0.05) is 24.3 Å². The molecule has 1 aromatic heterocycles. The number of carbonyl (C=O) groups excluding carboxylic acids is 1. The van der Waals surface area contributed by atoms with E-state index in [2.05, 4.69) is 28.0 Å². The van der Waals surface area contributed by atoms with Crippen LogP contribution in [0.25, 0.3) is 0 Å². The number of carbonyl (C=O) groups is 1. The van der Waals surface area contributed by atoms with Crippen molar-refractivity contribution < 1.29 is 27.9 Å². The second-order valence-corrected chi connectivity index (χ2v) is 8.69. The average Bonchev–Trinajstić information content (AvgIpc) is 3.30. The Labute approximate surface area is 196 Å². The highest BCUT2D eigenvalue weighted by Crippen LogP contribution is 2.45. The van der Waals surface area contributed by atoms with Crippen LogP contribution in [0.15, 0.2) is 71.4 Å². The molecule has 2 unspecified atom stereocenters. The second kappa shape index (κ2) is 12.3. The van der Waals surface area contributed by atoms with Crippen LogP contribution in [0.1, 0.15) is 18.7 Å². The number of benzene rings is 1. The molecule has 1 aliphatic rings. The first-order chi connectivity index (χ1) is 16.2. The first kappa shape index (κ1) is 27.0. The van der Waals surface area contributed by atoms with Crippen molar-refractivity contribution in [2.24, 2.45) is 0 Å². The van der Waals surface area contributed by atoms with Crippen molar-refractivity contribution in [2.75, 3.05) is 13.7 Å². The van der Waals surface area contributed by atoms with Gasteiger partial charge in [-0.05, 0) is 32.1 Å². The zero-order valence-electron chi connectivity index (χ0n) is 19.1. The van der Waals surface area contributed by atoms with Crippen LogP contribution in [0.2, 0.25) is 0 Å². The maximum absolute atomic E-state index is 13.3. The van der Waals surface area contributed by atoms with Gasteiger partial charge in [0.25, 0.3) is 5.56 Å². The van der Waals surface area contributed by atoms with Crippen molar-refractivity contribution in [2.45, 2.75) is 32.2 Å². The second-order valence-electron chi connectivity index (χ2n) is 7.00. The van der Waals surface area contributed by atoms with Crippen LogP contribution in [-0.2, 0) is 23.4 Å². The third kappa shape index (κ3) is 7.13. The number of aryl methyl sites for hydroxylation is 1. The Bertz CT molecular complexity index is 1160.